The Morgan fingerprint density at radius 2 is 1.95 bits per heavy atom. The summed E-state index contributed by atoms with van der Waals surface area (Å²) in [4.78, 5) is 21.3. The van der Waals surface area contributed by atoms with E-state index >= 15 is 0 Å². The molecule has 0 aromatic heterocycles. The minimum atomic E-state index is -3.77. The van der Waals surface area contributed by atoms with Crippen LogP contribution in [0.3, 0.4) is 0 Å². The van der Waals surface area contributed by atoms with Crippen LogP contribution in [0.2, 0.25) is 0 Å². The van der Waals surface area contributed by atoms with Crippen molar-refractivity contribution in [1.29, 1.82) is 0 Å². The van der Waals surface area contributed by atoms with Gasteiger partial charge < -0.3 is 20.3 Å². The number of phenols is 1. The lowest BCUT2D eigenvalue weighted by molar-refractivity contribution is -0.109. The largest absolute Gasteiger partial charge is 0.508 e. The molecule has 8 nitrogen and oxygen atoms in total. The van der Waals surface area contributed by atoms with Gasteiger partial charge in [0.05, 0.1) is 10.9 Å². The van der Waals surface area contributed by atoms with Gasteiger partial charge >= 0.3 is 6.09 Å². The van der Waals surface area contributed by atoms with Crippen molar-refractivity contribution in [2.75, 3.05) is 13.1 Å². The molecular weight excluding hydrogens is 312 g/mol. The molecule has 1 amide bonds. The van der Waals surface area contributed by atoms with E-state index in [4.69, 9.17) is 5.11 Å². The van der Waals surface area contributed by atoms with Gasteiger partial charge in [-0.25, -0.2) is 13.2 Å². The van der Waals surface area contributed by atoms with Gasteiger partial charge in [0.1, 0.15) is 12.0 Å². The Kier molecular flexibility index (Phi) is 6.32. The van der Waals surface area contributed by atoms with Crippen LogP contribution < -0.4 is 5.32 Å². The third kappa shape index (κ3) is 4.71. The molecule has 0 aliphatic carbocycles. The molecule has 0 aliphatic heterocycles. The fourth-order valence-electron chi connectivity index (χ4n) is 1.83. The Morgan fingerprint density at radius 3 is 2.41 bits per heavy atom. The Morgan fingerprint density at radius 1 is 1.36 bits per heavy atom. The Hall–Kier alpha value is -2.13. The van der Waals surface area contributed by atoms with Gasteiger partial charge in [0.15, 0.2) is 0 Å². The number of benzene rings is 1. The van der Waals surface area contributed by atoms with Crippen molar-refractivity contribution in [3.63, 3.8) is 0 Å². The van der Waals surface area contributed by atoms with Crippen molar-refractivity contribution in [3.8, 4) is 5.75 Å². The summed E-state index contributed by atoms with van der Waals surface area (Å²) in [6.45, 7) is 1.80. The molecule has 0 fully saturated rings. The van der Waals surface area contributed by atoms with Crippen molar-refractivity contribution in [2.24, 2.45) is 0 Å². The van der Waals surface area contributed by atoms with E-state index < -0.39 is 22.2 Å². The topological polar surface area (TPSA) is 124 Å². The molecule has 0 bridgehead atoms. The van der Waals surface area contributed by atoms with Gasteiger partial charge in [0.2, 0.25) is 10.0 Å². The zero-order valence-electron chi connectivity index (χ0n) is 12.0. The maximum absolute atomic E-state index is 12.4. The van der Waals surface area contributed by atoms with E-state index in [1.807, 2.05) is 5.32 Å². The molecule has 0 saturated heterocycles. The summed E-state index contributed by atoms with van der Waals surface area (Å²) in [6, 6.07) is 4.11. The summed E-state index contributed by atoms with van der Waals surface area (Å²) in [5.74, 6) is -0.0475. The number of carbonyl (C=O) groups is 2. The van der Waals surface area contributed by atoms with Crippen molar-refractivity contribution in [2.45, 2.75) is 24.3 Å². The number of aldehydes is 1. The molecule has 3 N–H and O–H groups in total. The number of nitrogens with one attached hydrogen (secondary N) is 1. The Bertz CT molecular complexity index is 614. The molecule has 1 aromatic carbocycles. The number of sulfonamides is 1. The lowest BCUT2D eigenvalue weighted by atomic mass is 10.2. The third-order valence-corrected chi connectivity index (χ3v) is 4.98. The van der Waals surface area contributed by atoms with E-state index in [-0.39, 0.29) is 30.2 Å². The van der Waals surface area contributed by atoms with Gasteiger partial charge in [0.25, 0.3) is 0 Å². The number of hydrogen-bond acceptors (Lipinski definition) is 5. The molecule has 0 aliphatic rings. The number of hydrogen-bond donors (Lipinski definition) is 3. The van der Waals surface area contributed by atoms with Gasteiger partial charge in [-0.15, -0.1) is 0 Å². The molecule has 1 rings (SSSR count). The van der Waals surface area contributed by atoms with E-state index in [0.29, 0.717) is 6.29 Å². The second kappa shape index (κ2) is 7.76. The highest BCUT2D eigenvalue weighted by atomic mass is 32.2. The van der Waals surface area contributed by atoms with Crippen molar-refractivity contribution in [3.05, 3.63) is 24.3 Å². The first-order chi connectivity index (χ1) is 10.3. The minimum Gasteiger partial charge on any atom is -0.508 e. The van der Waals surface area contributed by atoms with Crippen LogP contribution in [0, 0.1) is 0 Å². The van der Waals surface area contributed by atoms with Crippen molar-refractivity contribution >= 4 is 22.4 Å². The quantitative estimate of drug-likeness (QED) is 0.601. The van der Waals surface area contributed by atoms with E-state index in [9.17, 15) is 23.1 Å². The fourth-order valence-corrected chi connectivity index (χ4v) is 3.30. The third-order valence-electron chi connectivity index (χ3n) is 2.99. The van der Waals surface area contributed by atoms with Crippen molar-refractivity contribution in [1.82, 2.24) is 9.62 Å². The molecule has 0 radical (unpaired) electrons. The smallest absolute Gasteiger partial charge is 0.405 e. The van der Waals surface area contributed by atoms with Gasteiger partial charge in [-0.1, -0.05) is 6.92 Å². The number of rotatable bonds is 8. The molecule has 22 heavy (non-hydrogen) atoms. The molecule has 0 unspecified atom stereocenters. The van der Waals surface area contributed by atoms with Crippen LogP contribution in [0.15, 0.2) is 29.2 Å². The fraction of sp³-hybridized carbons (Fsp3) is 0.385. The molecule has 0 heterocycles. The average Bonchev–Trinajstić information content (AvgIpc) is 2.46. The lowest BCUT2D eigenvalue weighted by Crippen LogP contribution is -2.39. The summed E-state index contributed by atoms with van der Waals surface area (Å²) >= 11 is 0. The molecule has 9 heteroatoms. The molecule has 1 aromatic rings. The minimum absolute atomic E-state index is 0.0105. The lowest BCUT2D eigenvalue weighted by Gasteiger charge is -2.22. The van der Waals surface area contributed by atoms with Crippen LogP contribution in [0.5, 0.6) is 5.75 Å². The van der Waals surface area contributed by atoms with Crippen LogP contribution in [0.1, 0.15) is 13.3 Å². The summed E-state index contributed by atoms with van der Waals surface area (Å²) < 4.78 is 26.0. The highest BCUT2D eigenvalue weighted by Gasteiger charge is 2.24. The standard InChI is InChI=1S/C13H18N2O6S/c1-2-15(8-7-10(9-16)14-13(18)19)22(20,21)12-5-3-11(17)4-6-12/h3-6,9-10,14,17H,2,7-8H2,1H3,(H,18,19)/t10-/m1/s1. The first kappa shape index (κ1) is 17.9. The second-order valence-electron chi connectivity index (χ2n) is 4.47. The molecule has 122 valence electrons. The van der Waals surface area contributed by atoms with Crippen LogP contribution in [0.25, 0.3) is 0 Å². The first-order valence-corrected chi connectivity index (χ1v) is 7.99. The Labute approximate surface area is 128 Å². The summed E-state index contributed by atoms with van der Waals surface area (Å²) in [5.41, 5.74) is 0. The summed E-state index contributed by atoms with van der Waals surface area (Å²) in [6.07, 6.45) is -0.891. The zero-order valence-corrected chi connectivity index (χ0v) is 12.8. The summed E-state index contributed by atoms with van der Waals surface area (Å²) in [5, 5.41) is 19.8. The highest BCUT2D eigenvalue weighted by molar-refractivity contribution is 7.89. The maximum Gasteiger partial charge on any atom is 0.405 e. The molecular formula is C13H18N2O6S. The summed E-state index contributed by atoms with van der Waals surface area (Å²) in [7, 11) is -3.77. The van der Waals surface area contributed by atoms with E-state index in [2.05, 4.69) is 0 Å². The van der Waals surface area contributed by atoms with Gasteiger partial charge in [-0.05, 0) is 30.7 Å². The number of phenolic OH excluding ortho intramolecular Hbond substituents is 1. The molecule has 0 saturated carbocycles. The van der Waals surface area contributed by atoms with Crippen LogP contribution in [0.4, 0.5) is 4.79 Å². The normalized spacial score (nSPS) is 12.8. The predicted octanol–water partition coefficient (Wildman–Crippen LogP) is 0.628. The van der Waals surface area contributed by atoms with Crippen LogP contribution >= 0.6 is 0 Å². The van der Waals surface area contributed by atoms with Gasteiger partial charge in [-0.2, -0.15) is 4.31 Å². The number of carboxylic acid groups (broad SMARTS) is 1. The average molecular weight is 330 g/mol. The number of amides is 1. The maximum atomic E-state index is 12.4. The number of nitrogens with zero attached hydrogens (tertiary/aromatic N) is 1. The van der Waals surface area contributed by atoms with Gasteiger partial charge in [0, 0.05) is 13.1 Å². The molecule has 1 atom stereocenters. The Balaban J connectivity index is 2.83. The van der Waals surface area contributed by atoms with E-state index in [0.717, 1.165) is 4.31 Å². The number of aromatic hydroxyl groups is 1. The van der Waals surface area contributed by atoms with E-state index in [1.165, 1.54) is 24.3 Å². The van der Waals surface area contributed by atoms with Crippen LogP contribution in [-0.4, -0.2) is 54.4 Å². The highest BCUT2D eigenvalue weighted by Crippen LogP contribution is 2.19. The SMILES string of the molecule is CCN(CC[C@H](C=O)NC(=O)O)S(=O)(=O)c1ccc(O)cc1. The monoisotopic (exact) mass is 330 g/mol. The van der Waals surface area contributed by atoms with Crippen LogP contribution in [-0.2, 0) is 14.8 Å². The van der Waals surface area contributed by atoms with Crippen molar-refractivity contribution < 1.29 is 28.2 Å². The first-order valence-electron chi connectivity index (χ1n) is 6.55. The zero-order chi connectivity index (χ0) is 16.8. The number of carbonyl (C=O) groups excluding carboxylic acids is 1. The van der Waals surface area contributed by atoms with Gasteiger partial charge in [-0.3, -0.25) is 0 Å². The second-order valence-corrected chi connectivity index (χ2v) is 6.41. The molecule has 0 spiro atoms. The van der Waals surface area contributed by atoms with E-state index in [1.54, 1.807) is 6.92 Å². The predicted molar refractivity (Wildman–Crippen MR) is 78.2 cm³/mol.